The van der Waals surface area contributed by atoms with E-state index in [-0.39, 0.29) is 18.1 Å². The van der Waals surface area contributed by atoms with Crippen molar-refractivity contribution in [3.8, 4) is 0 Å². The lowest BCUT2D eigenvalue weighted by Crippen LogP contribution is -2.46. The number of aliphatic hydroxyl groups excluding tert-OH is 2. The van der Waals surface area contributed by atoms with Gasteiger partial charge in [0.25, 0.3) is 0 Å². The molecule has 10 heavy (non-hydrogen) atoms. The Morgan fingerprint density at radius 2 is 1.90 bits per heavy atom. The maximum Gasteiger partial charge on any atom is 0.0718 e. The van der Waals surface area contributed by atoms with Crippen LogP contribution in [0.5, 0.6) is 0 Å². The molecule has 0 aromatic rings. The number of hydrogen-bond donors (Lipinski definition) is 3. The van der Waals surface area contributed by atoms with Gasteiger partial charge in [-0.1, -0.05) is 6.92 Å². The van der Waals surface area contributed by atoms with Crippen LogP contribution in [-0.4, -0.2) is 28.5 Å². The molecule has 1 aliphatic rings. The molecule has 0 saturated heterocycles. The van der Waals surface area contributed by atoms with E-state index in [1.165, 1.54) is 0 Å². The van der Waals surface area contributed by atoms with E-state index in [9.17, 15) is 10.2 Å². The number of nitrogens with two attached hydrogens (primary N) is 1. The molecule has 1 saturated carbocycles. The first-order chi connectivity index (χ1) is 4.61. The maximum absolute atomic E-state index is 9.33. The molecule has 1 fully saturated rings. The molecular weight excluding hydrogens is 130 g/mol. The molecule has 4 unspecified atom stereocenters. The maximum atomic E-state index is 9.33. The summed E-state index contributed by atoms with van der Waals surface area (Å²) in [6.45, 7) is 1.91. The van der Waals surface area contributed by atoms with Gasteiger partial charge in [-0.3, -0.25) is 0 Å². The fourth-order valence-corrected chi connectivity index (χ4v) is 1.54. The van der Waals surface area contributed by atoms with Crippen molar-refractivity contribution in [1.29, 1.82) is 0 Å². The predicted molar refractivity (Wildman–Crippen MR) is 38.4 cm³/mol. The van der Waals surface area contributed by atoms with E-state index < -0.39 is 6.10 Å². The predicted octanol–water partition coefficient (Wildman–Crippen LogP) is -0.535. The summed E-state index contributed by atoms with van der Waals surface area (Å²) in [6.07, 6.45) is 0.470. The highest BCUT2D eigenvalue weighted by Gasteiger charge is 2.30. The van der Waals surface area contributed by atoms with Crippen LogP contribution in [0, 0.1) is 5.92 Å². The van der Waals surface area contributed by atoms with Crippen LogP contribution >= 0.6 is 0 Å². The molecule has 0 heterocycles. The minimum absolute atomic E-state index is 0.138. The molecule has 0 amide bonds. The Kier molecular flexibility index (Phi) is 2.28. The Morgan fingerprint density at radius 3 is 2.40 bits per heavy atom. The molecule has 60 valence electrons. The molecule has 3 nitrogen and oxygen atoms in total. The van der Waals surface area contributed by atoms with Crippen LogP contribution in [0.1, 0.15) is 19.8 Å². The Morgan fingerprint density at radius 1 is 1.30 bits per heavy atom. The number of hydrogen-bond acceptors (Lipinski definition) is 3. The van der Waals surface area contributed by atoms with E-state index in [0.29, 0.717) is 12.8 Å². The SMILES string of the molecule is CC1CC(O)CC(N)C1O. The largest absolute Gasteiger partial charge is 0.393 e. The van der Waals surface area contributed by atoms with Crippen molar-refractivity contribution < 1.29 is 10.2 Å². The van der Waals surface area contributed by atoms with Crippen LogP contribution in [-0.2, 0) is 0 Å². The van der Waals surface area contributed by atoms with Gasteiger partial charge in [-0.25, -0.2) is 0 Å². The van der Waals surface area contributed by atoms with Gasteiger partial charge >= 0.3 is 0 Å². The third kappa shape index (κ3) is 1.48. The minimum Gasteiger partial charge on any atom is -0.393 e. The van der Waals surface area contributed by atoms with E-state index in [4.69, 9.17) is 5.73 Å². The third-order valence-corrected chi connectivity index (χ3v) is 2.21. The fourth-order valence-electron chi connectivity index (χ4n) is 1.54. The van der Waals surface area contributed by atoms with E-state index >= 15 is 0 Å². The minimum atomic E-state index is -0.427. The van der Waals surface area contributed by atoms with Gasteiger partial charge in [0.1, 0.15) is 0 Å². The van der Waals surface area contributed by atoms with Gasteiger partial charge in [-0.2, -0.15) is 0 Å². The van der Waals surface area contributed by atoms with Crippen LogP contribution in [0.25, 0.3) is 0 Å². The first kappa shape index (κ1) is 7.98. The van der Waals surface area contributed by atoms with Crippen molar-refractivity contribution in [2.75, 3.05) is 0 Å². The molecule has 0 aromatic heterocycles. The zero-order chi connectivity index (χ0) is 7.72. The molecular formula is C7H15NO2. The summed E-state index contributed by atoms with van der Waals surface area (Å²) >= 11 is 0. The lowest BCUT2D eigenvalue weighted by molar-refractivity contribution is -0.000948. The number of aliphatic hydroxyl groups is 2. The zero-order valence-corrected chi connectivity index (χ0v) is 6.20. The molecule has 0 radical (unpaired) electrons. The second kappa shape index (κ2) is 2.86. The van der Waals surface area contributed by atoms with E-state index in [0.717, 1.165) is 0 Å². The first-order valence-electron chi connectivity index (χ1n) is 3.73. The summed E-state index contributed by atoms with van der Waals surface area (Å²) in [5.41, 5.74) is 5.55. The lowest BCUT2D eigenvalue weighted by atomic mass is 9.83. The second-order valence-corrected chi connectivity index (χ2v) is 3.26. The summed E-state index contributed by atoms with van der Waals surface area (Å²) in [7, 11) is 0. The van der Waals surface area contributed by atoms with Gasteiger partial charge in [0.05, 0.1) is 12.2 Å². The molecule has 1 aliphatic carbocycles. The van der Waals surface area contributed by atoms with E-state index in [1.54, 1.807) is 0 Å². The van der Waals surface area contributed by atoms with Crippen molar-refractivity contribution in [2.45, 2.75) is 38.0 Å². The van der Waals surface area contributed by atoms with Crippen molar-refractivity contribution in [3.05, 3.63) is 0 Å². The van der Waals surface area contributed by atoms with Crippen LogP contribution in [0.2, 0.25) is 0 Å². The monoisotopic (exact) mass is 145 g/mol. The average molecular weight is 145 g/mol. The third-order valence-electron chi connectivity index (χ3n) is 2.21. The first-order valence-corrected chi connectivity index (χ1v) is 3.73. The van der Waals surface area contributed by atoms with Gasteiger partial charge in [0.15, 0.2) is 0 Å². The smallest absolute Gasteiger partial charge is 0.0718 e. The summed E-state index contributed by atoms with van der Waals surface area (Å²) in [4.78, 5) is 0. The average Bonchev–Trinajstić information content (AvgIpc) is 1.82. The van der Waals surface area contributed by atoms with Gasteiger partial charge in [-0.15, -0.1) is 0 Å². The van der Waals surface area contributed by atoms with Gasteiger partial charge in [-0.05, 0) is 18.8 Å². The van der Waals surface area contributed by atoms with E-state index in [1.807, 2.05) is 6.92 Å². The molecule has 0 aliphatic heterocycles. The molecule has 3 heteroatoms. The zero-order valence-electron chi connectivity index (χ0n) is 6.20. The molecule has 0 spiro atoms. The van der Waals surface area contributed by atoms with Crippen LogP contribution in [0.15, 0.2) is 0 Å². The van der Waals surface area contributed by atoms with E-state index in [2.05, 4.69) is 0 Å². The summed E-state index contributed by atoms with van der Waals surface area (Å²) in [5.74, 6) is 0.138. The Hall–Kier alpha value is -0.120. The van der Waals surface area contributed by atoms with Crippen molar-refractivity contribution in [2.24, 2.45) is 11.7 Å². The van der Waals surface area contributed by atoms with Crippen molar-refractivity contribution in [1.82, 2.24) is 0 Å². The Labute approximate surface area is 60.9 Å². The summed E-state index contributed by atoms with van der Waals surface area (Å²) in [6, 6.07) is -0.237. The second-order valence-electron chi connectivity index (χ2n) is 3.26. The Balaban J connectivity index is 2.49. The normalized spacial score (nSPS) is 49.2. The summed E-state index contributed by atoms with van der Waals surface area (Å²) < 4.78 is 0. The standard InChI is InChI=1S/C7H15NO2/c1-4-2-5(9)3-6(8)7(4)10/h4-7,9-10H,2-3,8H2,1H3. The Bertz CT molecular complexity index is 106. The van der Waals surface area contributed by atoms with Gasteiger partial charge in [0, 0.05) is 6.04 Å². The highest BCUT2D eigenvalue weighted by atomic mass is 16.3. The summed E-state index contributed by atoms with van der Waals surface area (Å²) in [5, 5.41) is 18.5. The molecule has 4 atom stereocenters. The van der Waals surface area contributed by atoms with Crippen LogP contribution in [0.3, 0.4) is 0 Å². The van der Waals surface area contributed by atoms with Gasteiger partial charge in [0.2, 0.25) is 0 Å². The van der Waals surface area contributed by atoms with Crippen LogP contribution in [0.4, 0.5) is 0 Å². The lowest BCUT2D eigenvalue weighted by Gasteiger charge is -2.33. The fraction of sp³-hybridized carbons (Fsp3) is 1.00. The number of rotatable bonds is 0. The molecule has 1 rings (SSSR count). The quantitative estimate of drug-likeness (QED) is 0.429. The van der Waals surface area contributed by atoms with Crippen molar-refractivity contribution >= 4 is 0 Å². The highest BCUT2D eigenvalue weighted by molar-refractivity contribution is 4.86. The highest BCUT2D eigenvalue weighted by Crippen LogP contribution is 2.23. The molecule has 0 aromatic carbocycles. The molecule has 0 bridgehead atoms. The van der Waals surface area contributed by atoms with Gasteiger partial charge < -0.3 is 15.9 Å². The van der Waals surface area contributed by atoms with Crippen LogP contribution < -0.4 is 5.73 Å². The van der Waals surface area contributed by atoms with Crippen molar-refractivity contribution in [3.63, 3.8) is 0 Å². The molecule has 4 N–H and O–H groups in total. The topological polar surface area (TPSA) is 66.5 Å².